The highest BCUT2D eigenvalue weighted by Crippen LogP contribution is 2.29. The monoisotopic (exact) mass is 437 g/mol. The normalized spacial score (nSPS) is 13.1. The van der Waals surface area contributed by atoms with E-state index in [1.807, 2.05) is 0 Å². The van der Waals surface area contributed by atoms with Crippen LogP contribution in [0.15, 0.2) is 55.0 Å². The third-order valence-corrected chi connectivity index (χ3v) is 4.72. The number of nitrogens with one attached hydrogen (secondary N) is 1. The highest BCUT2D eigenvalue weighted by molar-refractivity contribution is 6.30. The van der Waals surface area contributed by atoms with Crippen LogP contribution in [0.25, 0.3) is 0 Å². The molecule has 1 fully saturated rings. The lowest BCUT2D eigenvalue weighted by Gasteiger charge is -2.23. The molecule has 0 radical (unpaired) electrons. The first kappa shape index (κ1) is 20.2. The number of ether oxygens (including phenoxy) is 1. The molecule has 1 aromatic carbocycles. The van der Waals surface area contributed by atoms with Crippen LogP contribution in [0.2, 0.25) is 5.02 Å². The highest BCUT2D eigenvalue weighted by atomic mass is 35.5. The lowest BCUT2D eigenvalue weighted by atomic mass is 10.2. The maximum Gasteiger partial charge on any atom is 0.289 e. The zero-order valence-corrected chi connectivity index (χ0v) is 16.8. The van der Waals surface area contributed by atoms with Gasteiger partial charge in [0, 0.05) is 24.3 Å². The Bertz CT molecular complexity index is 1150. The number of aromatic nitrogens is 3. The molecule has 2 aromatic heterocycles. The maximum atomic E-state index is 13.4. The molecule has 4 rings (SSSR count). The fourth-order valence-electron chi connectivity index (χ4n) is 3.08. The molecule has 1 saturated heterocycles. The van der Waals surface area contributed by atoms with Crippen LogP contribution in [0.5, 0.6) is 0 Å². The van der Waals surface area contributed by atoms with Crippen LogP contribution in [0.1, 0.15) is 21.0 Å². The fraction of sp³-hybridized carbons (Fsp3) is 0.100. The molecular formula is C20H16ClN7O3. The van der Waals surface area contributed by atoms with Crippen molar-refractivity contribution >= 4 is 46.6 Å². The number of carbonyl (C=O) groups is 2. The summed E-state index contributed by atoms with van der Waals surface area (Å²) < 4.78 is 5.17. The van der Waals surface area contributed by atoms with Crippen LogP contribution >= 0.6 is 11.6 Å². The minimum atomic E-state index is -0.872. The van der Waals surface area contributed by atoms with Crippen molar-refractivity contribution < 1.29 is 14.3 Å². The van der Waals surface area contributed by atoms with E-state index in [1.165, 1.54) is 23.5 Å². The van der Waals surface area contributed by atoms with Gasteiger partial charge < -0.3 is 10.5 Å². The Labute approximate surface area is 181 Å². The van der Waals surface area contributed by atoms with Crippen LogP contribution in [-0.2, 0) is 4.74 Å². The first-order valence-electron chi connectivity index (χ1n) is 9.11. The van der Waals surface area contributed by atoms with Crippen LogP contribution in [0.3, 0.4) is 0 Å². The van der Waals surface area contributed by atoms with Gasteiger partial charge in [0.05, 0.1) is 17.3 Å². The Kier molecular flexibility index (Phi) is 5.46. The summed E-state index contributed by atoms with van der Waals surface area (Å²) in [5, 5.41) is 8.24. The predicted molar refractivity (Wildman–Crippen MR) is 114 cm³/mol. The topological polar surface area (TPSA) is 138 Å². The minimum absolute atomic E-state index is 0.0608. The van der Waals surface area contributed by atoms with E-state index in [-0.39, 0.29) is 23.2 Å². The zero-order chi connectivity index (χ0) is 22.0. The summed E-state index contributed by atoms with van der Waals surface area (Å²) in [5.41, 5.74) is 6.11. The van der Waals surface area contributed by atoms with Crippen molar-refractivity contribution in [2.45, 2.75) is 0 Å². The number of halogens is 1. The molecule has 1 aliphatic heterocycles. The van der Waals surface area contributed by atoms with Crippen molar-refractivity contribution in [3.05, 3.63) is 71.4 Å². The molecule has 2 amide bonds. The van der Waals surface area contributed by atoms with Gasteiger partial charge in [0.2, 0.25) is 0 Å². The largest absolute Gasteiger partial charge is 0.463 e. The van der Waals surface area contributed by atoms with Gasteiger partial charge in [0.25, 0.3) is 17.8 Å². The van der Waals surface area contributed by atoms with E-state index >= 15 is 0 Å². The molecule has 0 aliphatic carbocycles. The number of hydrogen-bond acceptors (Lipinski definition) is 7. The summed E-state index contributed by atoms with van der Waals surface area (Å²) in [6, 6.07) is 10.1. The van der Waals surface area contributed by atoms with Crippen molar-refractivity contribution in [2.75, 3.05) is 23.0 Å². The lowest BCUT2D eigenvalue weighted by Crippen LogP contribution is -2.31. The fourth-order valence-corrected chi connectivity index (χ4v) is 3.19. The molecule has 0 atom stereocenters. The molecular weight excluding hydrogens is 422 g/mol. The number of hydrogen-bond donors (Lipinski definition) is 2. The molecule has 0 unspecified atom stereocenters. The smallest absolute Gasteiger partial charge is 0.289 e. The van der Waals surface area contributed by atoms with Crippen LogP contribution in [-0.4, -0.2) is 45.9 Å². The number of pyridine rings is 1. The summed E-state index contributed by atoms with van der Waals surface area (Å²) in [7, 11) is 0. The van der Waals surface area contributed by atoms with E-state index in [4.69, 9.17) is 27.5 Å². The van der Waals surface area contributed by atoms with Gasteiger partial charge in [-0.1, -0.05) is 11.6 Å². The van der Waals surface area contributed by atoms with Crippen molar-refractivity contribution in [1.82, 2.24) is 15.0 Å². The Hall–Kier alpha value is -4.05. The Morgan fingerprint density at radius 1 is 1.06 bits per heavy atom. The molecule has 1 aliphatic rings. The molecule has 0 saturated carbocycles. The Morgan fingerprint density at radius 2 is 1.77 bits per heavy atom. The second kappa shape index (κ2) is 8.36. The van der Waals surface area contributed by atoms with E-state index < -0.39 is 11.8 Å². The van der Waals surface area contributed by atoms with Gasteiger partial charge >= 0.3 is 0 Å². The van der Waals surface area contributed by atoms with E-state index in [2.05, 4.69) is 15.0 Å². The number of anilines is 3. The third-order valence-electron chi connectivity index (χ3n) is 4.50. The summed E-state index contributed by atoms with van der Waals surface area (Å²) in [6.07, 6.45) is 3.99. The number of benzene rings is 1. The number of nitrogens with zero attached hydrogens (tertiary/aromatic N) is 5. The van der Waals surface area contributed by atoms with Crippen molar-refractivity contribution in [3.8, 4) is 0 Å². The van der Waals surface area contributed by atoms with Crippen LogP contribution in [0, 0.1) is 5.41 Å². The van der Waals surface area contributed by atoms with Gasteiger partial charge in [-0.2, -0.15) is 0 Å². The quantitative estimate of drug-likeness (QED) is 0.624. The van der Waals surface area contributed by atoms with Gasteiger partial charge in [-0.25, -0.2) is 15.0 Å². The number of primary amides is 1. The lowest BCUT2D eigenvalue weighted by molar-refractivity contribution is 0.0959. The number of carbonyl (C=O) groups excluding carboxylic acids is 2. The van der Waals surface area contributed by atoms with E-state index in [1.54, 1.807) is 41.3 Å². The predicted octanol–water partition coefficient (Wildman–Crippen LogP) is 2.37. The third kappa shape index (κ3) is 4.01. The van der Waals surface area contributed by atoms with Crippen molar-refractivity contribution in [3.63, 3.8) is 0 Å². The SMILES string of the molecule is N=C1OCCN1c1ccc(N(C(=O)c2nccnc2C(N)=O)c2ccc(Cl)cn2)cc1. The van der Waals surface area contributed by atoms with Gasteiger partial charge in [-0.05, 0) is 36.4 Å². The Morgan fingerprint density at radius 3 is 2.35 bits per heavy atom. The number of rotatable bonds is 5. The summed E-state index contributed by atoms with van der Waals surface area (Å²) >= 11 is 5.95. The highest BCUT2D eigenvalue weighted by Gasteiger charge is 2.27. The summed E-state index contributed by atoms with van der Waals surface area (Å²) in [5.74, 6) is -1.24. The second-order valence-corrected chi connectivity index (χ2v) is 6.85. The van der Waals surface area contributed by atoms with Gasteiger partial charge in [-0.3, -0.25) is 24.8 Å². The summed E-state index contributed by atoms with van der Waals surface area (Å²) in [4.78, 5) is 40.3. The molecule has 31 heavy (non-hydrogen) atoms. The molecule has 0 bridgehead atoms. The van der Waals surface area contributed by atoms with Gasteiger partial charge in [-0.15, -0.1) is 0 Å². The molecule has 156 valence electrons. The van der Waals surface area contributed by atoms with E-state index in [0.717, 1.165) is 5.69 Å². The maximum absolute atomic E-state index is 13.4. The molecule has 11 heteroatoms. The van der Waals surface area contributed by atoms with Gasteiger partial charge in [0.1, 0.15) is 12.4 Å². The molecule has 3 N–H and O–H groups in total. The first-order chi connectivity index (χ1) is 15.0. The van der Waals surface area contributed by atoms with Crippen LogP contribution < -0.4 is 15.5 Å². The first-order valence-corrected chi connectivity index (χ1v) is 9.49. The van der Waals surface area contributed by atoms with E-state index in [9.17, 15) is 9.59 Å². The number of amidine groups is 1. The van der Waals surface area contributed by atoms with Crippen molar-refractivity contribution in [1.29, 1.82) is 5.41 Å². The zero-order valence-electron chi connectivity index (χ0n) is 16.0. The van der Waals surface area contributed by atoms with E-state index in [0.29, 0.717) is 23.9 Å². The average Bonchev–Trinajstić information content (AvgIpc) is 3.21. The average molecular weight is 438 g/mol. The Balaban J connectivity index is 1.77. The molecule has 10 nitrogen and oxygen atoms in total. The van der Waals surface area contributed by atoms with Crippen molar-refractivity contribution in [2.24, 2.45) is 5.73 Å². The number of amides is 2. The number of nitrogens with two attached hydrogens (primary N) is 1. The standard InChI is InChI=1S/C20H16ClN7O3/c21-12-1-6-15(26-11-12)28(19(30)17-16(18(22)29)24-7-8-25-17)14-4-2-13(3-5-14)27-9-10-31-20(27)23/h1-8,11,23H,9-10H2,(H2,22,29). The molecule has 3 heterocycles. The second-order valence-electron chi connectivity index (χ2n) is 6.41. The minimum Gasteiger partial charge on any atom is -0.463 e. The molecule has 0 spiro atoms. The summed E-state index contributed by atoms with van der Waals surface area (Å²) in [6.45, 7) is 0.990. The molecule has 3 aromatic rings. The van der Waals surface area contributed by atoms with Crippen LogP contribution in [0.4, 0.5) is 17.2 Å². The van der Waals surface area contributed by atoms with Gasteiger partial charge in [0.15, 0.2) is 11.4 Å².